The molecular weight excluding hydrogens is 534 g/mol. The van der Waals surface area contributed by atoms with E-state index in [2.05, 4.69) is 32.6 Å². The van der Waals surface area contributed by atoms with E-state index in [1.165, 1.54) is 0 Å². The van der Waals surface area contributed by atoms with Gasteiger partial charge in [-0.1, -0.05) is 19.9 Å². The Labute approximate surface area is 247 Å². The third-order valence-corrected chi connectivity index (χ3v) is 10.2. The van der Waals surface area contributed by atoms with Gasteiger partial charge in [-0.05, 0) is 70.3 Å². The number of hydrogen-bond donors (Lipinski definition) is 4. The number of phenols is 2. The predicted molar refractivity (Wildman–Crippen MR) is 157 cm³/mol. The third-order valence-electron chi connectivity index (χ3n) is 10.2. The van der Waals surface area contributed by atoms with Crippen LogP contribution in [0, 0.1) is 38.0 Å². The molecule has 4 aliphatic rings. The highest BCUT2D eigenvalue weighted by molar-refractivity contribution is 5.82. The van der Waals surface area contributed by atoms with Crippen molar-refractivity contribution in [2.75, 3.05) is 27.4 Å². The Balaban J connectivity index is 1.54. The zero-order valence-corrected chi connectivity index (χ0v) is 25.4. The van der Waals surface area contributed by atoms with E-state index in [0.717, 1.165) is 33.4 Å². The number of nitrogens with one attached hydrogen (secondary N) is 2. The SMILES string of the molecule is CN[C@H](C(=O)NC[C@H]1c2c(c(O)c(C)c3c2OCO3)CC2[C@@H]3c4c(cc(C)c(C)c4O)C[C@@H]([C@H](C#N)N21)N3C)C(C)C. The maximum atomic E-state index is 13.4. The van der Waals surface area contributed by atoms with Crippen molar-refractivity contribution >= 4 is 5.91 Å². The van der Waals surface area contributed by atoms with Crippen LogP contribution < -0.4 is 20.1 Å². The minimum absolute atomic E-state index is 0.0410. The van der Waals surface area contributed by atoms with Gasteiger partial charge in [0.25, 0.3) is 0 Å². The van der Waals surface area contributed by atoms with E-state index in [9.17, 15) is 20.3 Å². The van der Waals surface area contributed by atoms with E-state index < -0.39 is 12.1 Å². The minimum atomic E-state index is -0.505. The Morgan fingerprint density at radius 2 is 1.81 bits per heavy atom. The van der Waals surface area contributed by atoms with Crippen LogP contribution in [-0.4, -0.2) is 77.5 Å². The molecule has 1 amide bonds. The average molecular weight is 576 g/mol. The molecule has 10 nitrogen and oxygen atoms in total. The number of aryl methyl sites for hydroxylation is 1. The number of amides is 1. The van der Waals surface area contributed by atoms with Crippen LogP contribution in [0.5, 0.6) is 23.0 Å². The van der Waals surface area contributed by atoms with Crippen LogP contribution in [0.4, 0.5) is 0 Å². The molecule has 10 heteroatoms. The van der Waals surface area contributed by atoms with Gasteiger partial charge in [-0.3, -0.25) is 14.6 Å². The van der Waals surface area contributed by atoms with Crippen molar-refractivity contribution in [2.24, 2.45) is 5.92 Å². The summed E-state index contributed by atoms with van der Waals surface area (Å²) in [5, 5.41) is 40.1. The summed E-state index contributed by atoms with van der Waals surface area (Å²) in [4.78, 5) is 17.8. The summed E-state index contributed by atoms with van der Waals surface area (Å²) >= 11 is 0. The Morgan fingerprint density at radius 1 is 1.10 bits per heavy atom. The largest absolute Gasteiger partial charge is 0.507 e. The number of benzene rings is 2. The Morgan fingerprint density at radius 3 is 2.48 bits per heavy atom. The molecule has 1 unspecified atom stereocenters. The molecule has 0 saturated carbocycles. The van der Waals surface area contributed by atoms with Gasteiger partial charge in [0, 0.05) is 40.9 Å². The van der Waals surface area contributed by atoms with Crippen molar-refractivity contribution in [3.05, 3.63) is 45.0 Å². The summed E-state index contributed by atoms with van der Waals surface area (Å²) in [5.41, 5.74) is 5.96. The van der Waals surface area contributed by atoms with Crippen LogP contribution in [0.3, 0.4) is 0 Å². The summed E-state index contributed by atoms with van der Waals surface area (Å²) in [5.74, 6) is 1.48. The molecule has 2 bridgehead atoms. The van der Waals surface area contributed by atoms with Crippen molar-refractivity contribution in [1.29, 1.82) is 5.26 Å². The first-order valence-electron chi connectivity index (χ1n) is 14.8. The number of nitriles is 1. The lowest BCUT2D eigenvalue weighted by Gasteiger charge is -2.60. The molecule has 0 aliphatic carbocycles. The number of phenolic OH excluding ortho intramolecular Hbond substituents is 2. The summed E-state index contributed by atoms with van der Waals surface area (Å²) < 4.78 is 11.8. The first kappa shape index (κ1) is 28.6. The van der Waals surface area contributed by atoms with Gasteiger partial charge in [-0.2, -0.15) is 5.26 Å². The Kier molecular flexibility index (Phi) is 7.03. The van der Waals surface area contributed by atoms with Crippen molar-refractivity contribution in [3.63, 3.8) is 0 Å². The van der Waals surface area contributed by atoms with Crippen LogP contribution in [-0.2, 0) is 17.6 Å². The number of fused-ring (bicyclic) bond motifs is 9. The van der Waals surface area contributed by atoms with Crippen LogP contribution in [0.1, 0.15) is 64.9 Å². The third kappa shape index (κ3) is 3.98. The maximum absolute atomic E-state index is 13.4. The Hall–Kier alpha value is -3.52. The van der Waals surface area contributed by atoms with Gasteiger partial charge in [-0.15, -0.1) is 0 Å². The summed E-state index contributed by atoms with van der Waals surface area (Å²) in [7, 11) is 3.81. The summed E-state index contributed by atoms with van der Waals surface area (Å²) in [6.07, 6.45) is 1.07. The molecule has 1 saturated heterocycles. The molecule has 6 rings (SSSR count). The standard InChI is InChI=1S/C32H41N5O5/c1-14(2)26(34-6)32(40)35-12-23-25-19(28(38)17(5)30-31(25)42-13-41-30)10-21-27-24-18(8-15(3)16(4)29(24)39)9-20(36(27)7)22(11-33)37(21)23/h8,14,20-23,26-27,34,38-39H,9-10,12-13H2,1-7H3,(H,35,40)/t20-,21?,22-,23-,26-,27+/m0/s1. The molecule has 4 heterocycles. The lowest BCUT2D eigenvalue weighted by atomic mass is 9.71. The average Bonchev–Trinajstić information content (AvgIpc) is 3.44. The molecule has 4 aliphatic heterocycles. The van der Waals surface area contributed by atoms with Gasteiger partial charge >= 0.3 is 0 Å². The number of piperazine rings is 1. The molecule has 0 radical (unpaired) electrons. The second-order valence-corrected chi connectivity index (χ2v) is 12.6. The molecule has 0 aromatic heterocycles. The fraction of sp³-hybridized carbons (Fsp3) is 0.562. The smallest absolute Gasteiger partial charge is 0.237 e. The monoisotopic (exact) mass is 575 g/mol. The van der Waals surface area contributed by atoms with Crippen LogP contribution >= 0.6 is 0 Å². The fourth-order valence-electron chi connectivity index (χ4n) is 7.98. The van der Waals surface area contributed by atoms with Gasteiger partial charge in [0.1, 0.15) is 17.5 Å². The van der Waals surface area contributed by atoms with E-state index in [0.29, 0.717) is 35.7 Å². The number of carbonyl (C=O) groups excluding carboxylic acids is 1. The van der Waals surface area contributed by atoms with E-state index in [-0.39, 0.29) is 55.1 Å². The number of hydrogen-bond acceptors (Lipinski definition) is 9. The first-order valence-corrected chi connectivity index (χ1v) is 14.8. The molecule has 0 spiro atoms. The second kappa shape index (κ2) is 10.3. The predicted octanol–water partition coefficient (Wildman–Crippen LogP) is 2.88. The van der Waals surface area contributed by atoms with Gasteiger partial charge in [0.15, 0.2) is 11.5 Å². The highest BCUT2D eigenvalue weighted by Gasteiger charge is 2.56. The van der Waals surface area contributed by atoms with Crippen molar-refractivity contribution in [3.8, 4) is 29.1 Å². The highest BCUT2D eigenvalue weighted by atomic mass is 16.7. The minimum Gasteiger partial charge on any atom is -0.507 e. The highest BCUT2D eigenvalue weighted by Crippen LogP contribution is 2.57. The van der Waals surface area contributed by atoms with Crippen molar-refractivity contribution < 1.29 is 24.5 Å². The van der Waals surface area contributed by atoms with E-state index in [4.69, 9.17) is 9.47 Å². The number of aromatic hydroxyl groups is 2. The lowest BCUT2D eigenvalue weighted by molar-refractivity contribution is -0.125. The van der Waals surface area contributed by atoms with E-state index in [1.54, 1.807) is 7.05 Å². The number of nitrogens with zero attached hydrogens (tertiary/aromatic N) is 3. The molecule has 1 fully saturated rings. The number of likely N-dealkylation sites (N-methyl/N-ethyl adjacent to an activating group) is 2. The summed E-state index contributed by atoms with van der Waals surface area (Å²) in [6, 6.07) is 2.81. The normalized spacial score (nSPS) is 26.7. The maximum Gasteiger partial charge on any atom is 0.237 e. The van der Waals surface area contributed by atoms with E-state index in [1.807, 2.05) is 41.7 Å². The van der Waals surface area contributed by atoms with Gasteiger partial charge in [-0.25, -0.2) is 0 Å². The fourth-order valence-corrected chi connectivity index (χ4v) is 7.98. The zero-order chi connectivity index (χ0) is 30.2. The van der Waals surface area contributed by atoms with Crippen LogP contribution in [0.2, 0.25) is 0 Å². The molecule has 4 N–H and O–H groups in total. The van der Waals surface area contributed by atoms with Crippen LogP contribution in [0.25, 0.3) is 0 Å². The molecule has 2 aromatic carbocycles. The topological polar surface area (TPSA) is 130 Å². The number of rotatable bonds is 5. The lowest BCUT2D eigenvalue weighted by Crippen LogP contribution is -2.69. The summed E-state index contributed by atoms with van der Waals surface area (Å²) in [6.45, 7) is 10.0. The number of carbonyl (C=O) groups is 1. The zero-order valence-electron chi connectivity index (χ0n) is 25.4. The van der Waals surface area contributed by atoms with Crippen molar-refractivity contribution in [2.45, 2.75) is 83.7 Å². The molecule has 2 aromatic rings. The van der Waals surface area contributed by atoms with Crippen molar-refractivity contribution in [1.82, 2.24) is 20.4 Å². The van der Waals surface area contributed by atoms with Gasteiger partial charge < -0.3 is 30.3 Å². The molecule has 42 heavy (non-hydrogen) atoms. The molecular formula is C32H41N5O5. The van der Waals surface area contributed by atoms with Gasteiger partial charge in [0.2, 0.25) is 12.7 Å². The molecule has 224 valence electrons. The quantitative estimate of drug-likeness (QED) is 0.425. The molecule has 6 atom stereocenters. The Bertz CT molecular complexity index is 1500. The van der Waals surface area contributed by atoms with Crippen LogP contribution in [0.15, 0.2) is 6.07 Å². The first-order chi connectivity index (χ1) is 20.0. The second-order valence-electron chi connectivity index (χ2n) is 12.6. The van der Waals surface area contributed by atoms with Gasteiger partial charge in [0.05, 0.1) is 24.2 Å². The number of ether oxygens (including phenoxy) is 2. The van der Waals surface area contributed by atoms with E-state index >= 15 is 0 Å².